The van der Waals surface area contributed by atoms with Gasteiger partial charge in [-0.2, -0.15) is 0 Å². The van der Waals surface area contributed by atoms with Gasteiger partial charge < -0.3 is 10.9 Å². The Kier molecular flexibility index (Phi) is 1.78. The number of hydrogen-bond acceptors (Lipinski definition) is 2. The highest BCUT2D eigenvalue weighted by Gasteiger charge is 1.99. The Labute approximate surface area is 55.6 Å². The van der Waals surface area contributed by atoms with Crippen LogP contribution in [0.25, 0.3) is 0 Å². The molecule has 0 bridgehead atoms. The molecule has 50 valence electrons. The van der Waals surface area contributed by atoms with E-state index in [2.05, 4.69) is 30.8 Å². The fraction of sp³-hybridized carbons (Fsp3) is 0.429. The Morgan fingerprint density at radius 3 is 2.44 bits per heavy atom. The van der Waals surface area contributed by atoms with Crippen molar-refractivity contribution in [3.05, 3.63) is 24.0 Å². The van der Waals surface area contributed by atoms with Crippen molar-refractivity contribution < 1.29 is 0 Å². The van der Waals surface area contributed by atoms with Crippen LogP contribution in [0.5, 0.6) is 0 Å². The van der Waals surface area contributed by atoms with Gasteiger partial charge in [0.05, 0.1) is 0 Å². The van der Waals surface area contributed by atoms with Gasteiger partial charge in [0, 0.05) is 12.4 Å². The van der Waals surface area contributed by atoms with Crippen LogP contribution >= 0.6 is 0 Å². The maximum Gasteiger partial charge on any atom is 0.0212 e. The van der Waals surface area contributed by atoms with E-state index in [1.165, 1.54) is 5.57 Å². The zero-order valence-corrected chi connectivity index (χ0v) is 5.81. The molecule has 0 radical (unpaired) electrons. The Morgan fingerprint density at radius 2 is 2.11 bits per heavy atom. The lowest BCUT2D eigenvalue weighted by atomic mass is 10.0. The van der Waals surface area contributed by atoms with Crippen molar-refractivity contribution in [2.45, 2.75) is 13.8 Å². The molecule has 0 saturated heterocycles. The molecule has 1 aliphatic rings. The summed E-state index contributed by atoms with van der Waals surface area (Å²) < 4.78 is 0. The maximum atomic E-state index is 2.92. The van der Waals surface area contributed by atoms with E-state index in [4.69, 9.17) is 0 Å². The average molecular weight is 124 g/mol. The lowest BCUT2D eigenvalue weighted by Crippen LogP contribution is -2.24. The van der Waals surface area contributed by atoms with Gasteiger partial charge in [0.15, 0.2) is 0 Å². The van der Waals surface area contributed by atoms with Gasteiger partial charge in [-0.05, 0) is 17.6 Å². The first-order chi connectivity index (χ1) is 4.30. The Morgan fingerprint density at radius 1 is 1.33 bits per heavy atom. The van der Waals surface area contributed by atoms with Crippen molar-refractivity contribution in [2.24, 2.45) is 5.92 Å². The molecule has 0 atom stereocenters. The fourth-order valence-electron chi connectivity index (χ4n) is 0.718. The molecule has 2 nitrogen and oxygen atoms in total. The number of hydrogen-bond donors (Lipinski definition) is 2. The molecule has 0 spiro atoms. The summed E-state index contributed by atoms with van der Waals surface area (Å²) in [5, 5.41) is 0. The SMILES string of the molecule is CC(C)C1=CNNC=C1. The summed E-state index contributed by atoms with van der Waals surface area (Å²) in [5.41, 5.74) is 7.11. The van der Waals surface area contributed by atoms with Crippen LogP contribution in [0.1, 0.15) is 13.8 Å². The van der Waals surface area contributed by atoms with Crippen LogP contribution in [0.2, 0.25) is 0 Å². The third kappa shape index (κ3) is 1.49. The monoisotopic (exact) mass is 124 g/mol. The predicted molar refractivity (Wildman–Crippen MR) is 38.3 cm³/mol. The van der Waals surface area contributed by atoms with E-state index in [0.29, 0.717) is 5.92 Å². The molecule has 9 heavy (non-hydrogen) atoms. The molecule has 0 aromatic rings. The van der Waals surface area contributed by atoms with Gasteiger partial charge in [-0.15, -0.1) is 0 Å². The molecule has 0 aromatic carbocycles. The first-order valence-corrected chi connectivity index (χ1v) is 3.18. The zero-order chi connectivity index (χ0) is 6.69. The first-order valence-electron chi connectivity index (χ1n) is 3.18. The average Bonchev–Trinajstić information content (AvgIpc) is 1.90. The van der Waals surface area contributed by atoms with Crippen LogP contribution < -0.4 is 10.9 Å². The predicted octanol–water partition coefficient (Wildman–Crippen LogP) is 1.15. The second-order valence-electron chi connectivity index (χ2n) is 2.42. The quantitative estimate of drug-likeness (QED) is 0.548. The molecule has 1 heterocycles. The lowest BCUT2D eigenvalue weighted by molar-refractivity contribution is 0.707. The highest BCUT2D eigenvalue weighted by molar-refractivity contribution is 5.21. The van der Waals surface area contributed by atoms with Crippen molar-refractivity contribution in [2.75, 3.05) is 0 Å². The molecule has 0 saturated carbocycles. The van der Waals surface area contributed by atoms with E-state index in [0.717, 1.165) is 0 Å². The van der Waals surface area contributed by atoms with Crippen molar-refractivity contribution in [3.63, 3.8) is 0 Å². The van der Waals surface area contributed by atoms with Crippen LogP contribution in [0, 0.1) is 5.92 Å². The summed E-state index contributed by atoms with van der Waals surface area (Å²) in [6.45, 7) is 4.34. The minimum absolute atomic E-state index is 0.607. The second-order valence-corrected chi connectivity index (χ2v) is 2.42. The number of nitrogens with one attached hydrogen (secondary N) is 2. The molecule has 1 aliphatic heterocycles. The van der Waals surface area contributed by atoms with Gasteiger partial charge in [0.1, 0.15) is 0 Å². The fourth-order valence-corrected chi connectivity index (χ4v) is 0.718. The molecule has 1 rings (SSSR count). The summed E-state index contributed by atoms with van der Waals surface area (Å²) in [5.74, 6) is 0.607. The van der Waals surface area contributed by atoms with Gasteiger partial charge >= 0.3 is 0 Å². The highest BCUT2D eigenvalue weighted by Crippen LogP contribution is 2.09. The van der Waals surface area contributed by atoms with Crippen molar-refractivity contribution in [3.8, 4) is 0 Å². The van der Waals surface area contributed by atoms with Crippen molar-refractivity contribution >= 4 is 0 Å². The topological polar surface area (TPSA) is 24.1 Å². The minimum Gasteiger partial charge on any atom is -0.309 e. The number of hydrazine groups is 1. The van der Waals surface area contributed by atoms with E-state index in [-0.39, 0.29) is 0 Å². The highest BCUT2D eigenvalue weighted by atomic mass is 15.3. The molecule has 2 N–H and O–H groups in total. The molecular weight excluding hydrogens is 112 g/mol. The van der Waals surface area contributed by atoms with E-state index in [1.54, 1.807) is 0 Å². The normalized spacial score (nSPS) is 16.6. The molecule has 0 aliphatic carbocycles. The van der Waals surface area contributed by atoms with Crippen LogP contribution in [0.15, 0.2) is 24.0 Å². The molecule has 0 fully saturated rings. The molecule has 0 aromatic heterocycles. The van der Waals surface area contributed by atoms with Gasteiger partial charge in [-0.3, -0.25) is 0 Å². The third-order valence-electron chi connectivity index (χ3n) is 1.35. The molecular formula is C7H12N2. The van der Waals surface area contributed by atoms with Gasteiger partial charge in [0.2, 0.25) is 0 Å². The summed E-state index contributed by atoms with van der Waals surface area (Å²) in [7, 11) is 0. The van der Waals surface area contributed by atoms with E-state index >= 15 is 0 Å². The summed E-state index contributed by atoms with van der Waals surface area (Å²) in [6, 6.07) is 0. The lowest BCUT2D eigenvalue weighted by Gasteiger charge is -2.12. The van der Waals surface area contributed by atoms with E-state index in [9.17, 15) is 0 Å². The Hall–Kier alpha value is -0.920. The van der Waals surface area contributed by atoms with Crippen molar-refractivity contribution in [1.82, 2.24) is 10.9 Å². The number of allylic oxidation sites excluding steroid dienone is 2. The largest absolute Gasteiger partial charge is 0.309 e. The van der Waals surface area contributed by atoms with E-state index < -0.39 is 0 Å². The van der Waals surface area contributed by atoms with Crippen LogP contribution in [-0.4, -0.2) is 0 Å². The minimum atomic E-state index is 0.607. The smallest absolute Gasteiger partial charge is 0.0212 e. The molecule has 0 unspecified atom stereocenters. The van der Waals surface area contributed by atoms with Crippen LogP contribution in [-0.2, 0) is 0 Å². The van der Waals surface area contributed by atoms with Crippen molar-refractivity contribution in [1.29, 1.82) is 0 Å². The Bertz CT molecular complexity index is 145. The van der Waals surface area contributed by atoms with Crippen LogP contribution in [0.4, 0.5) is 0 Å². The molecule has 0 amide bonds. The van der Waals surface area contributed by atoms with Gasteiger partial charge in [0.25, 0.3) is 0 Å². The van der Waals surface area contributed by atoms with Crippen LogP contribution in [0.3, 0.4) is 0 Å². The molecule has 2 heteroatoms. The Balaban J connectivity index is 2.58. The zero-order valence-electron chi connectivity index (χ0n) is 5.81. The number of rotatable bonds is 1. The second kappa shape index (κ2) is 2.58. The summed E-state index contributed by atoms with van der Waals surface area (Å²) in [4.78, 5) is 0. The first kappa shape index (κ1) is 6.20. The standard InChI is InChI=1S/C7H12N2/c1-6(2)7-3-4-8-9-5-7/h3-6,8-9H,1-2H3. The summed E-state index contributed by atoms with van der Waals surface area (Å²) in [6.07, 6.45) is 5.95. The summed E-state index contributed by atoms with van der Waals surface area (Å²) >= 11 is 0. The van der Waals surface area contributed by atoms with E-state index in [1.807, 2.05) is 12.4 Å². The third-order valence-corrected chi connectivity index (χ3v) is 1.35. The maximum absolute atomic E-state index is 2.92. The van der Waals surface area contributed by atoms with Gasteiger partial charge in [-0.25, -0.2) is 0 Å². The van der Waals surface area contributed by atoms with Gasteiger partial charge in [-0.1, -0.05) is 13.8 Å².